The molecule has 1 aromatic heterocycles. The number of rotatable bonds is 2. The summed E-state index contributed by atoms with van der Waals surface area (Å²) in [6.45, 7) is 0. The molecule has 0 aliphatic rings. The lowest BCUT2D eigenvalue weighted by Crippen LogP contribution is -2.07. The second-order valence-corrected chi connectivity index (χ2v) is 3.98. The van der Waals surface area contributed by atoms with Gasteiger partial charge in [0.05, 0.1) is 30.5 Å². The fraction of sp³-hybridized carbons (Fsp3) is 0.143. The Balaban J connectivity index is 2.67. The predicted octanol–water partition coefficient (Wildman–Crippen LogP) is 3.65. The second-order valence-electron chi connectivity index (χ2n) is 3.98. The highest BCUT2D eigenvalue weighted by Crippen LogP contribution is 2.38. The molecule has 0 saturated carbocycles. The van der Waals surface area contributed by atoms with Crippen LogP contribution in [0.3, 0.4) is 0 Å². The molecule has 0 spiro atoms. The van der Waals surface area contributed by atoms with Gasteiger partial charge < -0.3 is 4.74 Å². The highest BCUT2D eigenvalue weighted by atomic mass is 19.4. The third kappa shape index (κ3) is 2.72. The molecule has 2 rings (SSSR count). The van der Waals surface area contributed by atoms with Crippen molar-refractivity contribution >= 4 is 0 Å². The van der Waals surface area contributed by atoms with Crippen molar-refractivity contribution in [1.29, 1.82) is 5.26 Å². The minimum atomic E-state index is -4.51. The first-order chi connectivity index (χ1) is 9.45. The van der Waals surface area contributed by atoms with Crippen LogP contribution in [0.5, 0.6) is 5.75 Å². The van der Waals surface area contributed by atoms with Crippen molar-refractivity contribution in [2.75, 3.05) is 7.11 Å². The minimum absolute atomic E-state index is 0.0945. The molecular weight excluding hydrogens is 269 g/mol. The molecule has 2 aromatic rings. The van der Waals surface area contributed by atoms with Crippen molar-refractivity contribution in [3.05, 3.63) is 47.8 Å². The molecule has 0 radical (unpaired) electrons. The zero-order valence-corrected chi connectivity index (χ0v) is 10.4. The molecular formula is C14H9F3N2O. The Morgan fingerprint density at radius 3 is 2.55 bits per heavy atom. The standard InChI is InChI=1S/C14H9F3N2O/c1-20-11-5-10(7-19-8-11)12-4-9(6-18)2-3-13(12)14(15,16)17/h2-5,7-8H,1H3. The van der Waals surface area contributed by atoms with E-state index < -0.39 is 11.7 Å². The van der Waals surface area contributed by atoms with E-state index in [1.165, 1.54) is 31.6 Å². The Kier molecular flexibility index (Phi) is 3.61. The number of nitriles is 1. The average molecular weight is 278 g/mol. The Labute approximate surface area is 113 Å². The SMILES string of the molecule is COc1cncc(-c2cc(C#N)ccc2C(F)(F)F)c1. The molecule has 3 nitrogen and oxygen atoms in total. The van der Waals surface area contributed by atoms with Crippen LogP contribution in [-0.2, 0) is 6.18 Å². The summed E-state index contributed by atoms with van der Waals surface area (Å²) in [5.74, 6) is 0.345. The molecule has 20 heavy (non-hydrogen) atoms. The van der Waals surface area contributed by atoms with Crippen molar-refractivity contribution in [1.82, 2.24) is 4.98 Å². The number of methoxy groups -OCH3 is 1. The van der Waals surface area contributed by atoms with Gasteiger partial charge in [-0.25, -0.2) is 0 Å². The van der Waals surface area contributed by atoms with Crippen molar-refractivity contribution in [3.8, 4) is 22.9 Å². The Hall–Kier alpha value is -2.55. The summed E-state index contributed by atoms with van der Waals surface area (Å²) in [5, 5.41) is 8.83. The minimum Gasteiger partial charge on any atom is -0.495 e. The summed E-state index contributed by atoms with van der Waals surface area (Å²) in [6.07, 6.45) is -1.81. The Morgan fingerprint density at radius 1 is 1.20 bits per heavy atom. The van der Waals surface area contributed by atoms with Crippen molar-refractivity contribution in [2.45, 2.75) is 6.18 Å². The maximum Gasteiger partial charge on any atom is 0.417 e. The first-order valence-electron chi connectivity index (χ1n) is 5.56. The van der Waals surface area contributed by atoms with E-state index in [4.69, 9.17) is 10.00 Å². The number of nitrogens with zero attached hydrogens (tertiary/aromatic N) is 2. The normalized spacial score (nSPS) is 10.9. The average Bonchev–Trinajstić information content (AvgIpc) is 2.45. The van der Waals surface area contributed by atoms with Crippen LogP contribution in [0, 0.1) is 11.3 Å². The number of halogens is 3. The summed E-state index contributed by atoms with van der Waals surface area (Å²) in [7, 11) is 1.40. The lowest BCUT2D eigenvalue weighted by Gasteiger charge is -2.13. The smallest absolute Gasteiger partial charge is 0.417 e. The highest BCUT2D eigenvalue weighted by Gasteiger charge is 2.33. The van der Waals surface area contributed by atoms with Gasteiger partial charge in [0, 0.05) is 11.8 Å². The molecule has 6 heteroatoms. The van der Waals surface area contributed by atoms with E-state index >= 15 is 0 Å². The van der Waals surface area contributed by atoms with Gasteiger partial charge in [0.15, 0.2) is 0 Å². The second kappa shape index (κ2) is 5.21. The van der Waals surface area contributed by atoms with Gasteiger partial charge in [-0.15, -0.1) is 0 Å². The number of hydrogen-bond donors (Lipinski definition) is 0. The molecule has 0 atom stereocenters. The molecule has 0 aliphatic heterocycles. The number of ether oxygens (including phenoxy) is 1. The van der Waals surface area contributed by atoms with E-state index in [2.05, 4.69) is 4.98 Å². The molecule has 0 bridgehead atoms. The third-order valence-electron chi connectivity index (χ3n) is 2.71. The third-order valence-corrected chi connectivity index (χ3v) is 2.71. The Bertz CT molecular complexity index is 675. The van der Waals surface area contributed by atoms with Crippen LogP contribution < -0.4 is 4.74 Å². The van der Waals surface area contributed by atoms with Crippen LogP contribution in [0.4, 0.5) is 13.2 Å². The van der Waals surface area contributed by atoms with Gasteiger partial charge in [0.2, 0.25) is 0 Å². The molecule has 1 heterocycles. The maximum atomic E-state index is 13.0. The lowest BCUT2D eigenvalue weighted by atomic mass is 9.98. The van der Waals surface area contributed by atoms with Gasteiger partial charge >= 0.3 is 6.18 Å². The Morgan fingerprint density at radius 2 is 1.95 bits per heavy atom. The first-order valence-corrected chi connectivity index (χ1v) is 5.56. The van der Waals surface area contributed by atoms with E-state index in [-0.39, 0.29) is 16.7 Å². The molecule has 0 unspecified atom stereocenters. The summed E-state index contributed by atoms with van der Waals surface area (Å²) < 4.78 is 44.0. The van der Waals surface area contributed by atoms with Crippen LogP contribution in [-0.4, -0.2) is 12.1 Å². The lowest BCUT2D eigenvalue weighted by molar-refractivity contribution is -0.137. The van der Waals surface area contributed by atoms with Gasteiger partial charge in [-0.1, -0.05) is 0 Å². The van der Waals surface area contributed by atoms with E-state index in [0.717, 1.165) is 12.1 Å². The summed E-state index contributed by atoms with van der Waals surface area (Å²) in [5.41, 5.74) is -0.515. The zero-order chi connectivity index (χ0) is 14.8. The number of alkyl halides is 3. The van der Waals surface area contributed by atoms with Gasteiger partial charge in [0.25, 0.3) is 0 Å². The topological polar surface area (TPSA) is 45.9 Å². The fourth-order valence-corrected chi connectivity index (χ4v) is 1.78. The van der Waals surface area contributed by atoms with E-state index in [1.54, 1.807) is 0 Å². The monoisotopic (exact) mass is 278 g/mol. The zero-order valence-electron chi connectivity index (χ0n) is 10.4. The van der Waals surface area contributed by atoms with Crippen LogP contribution in [0.15, 0.2) is 36.7 Å². The van der Waals surface area contributed by atoms with Gasteiger partial charge in [-0.3, -0.25) is 4.98 Å². The van der Waals surface area contributed by atoms with E-state index in [1.807, 2.05) is 6.07 Å². The maximum absolute atomic E-state index is 13.0. The van der Waals surface area contributed by atoms with Crippen molar-refractivity contribution < 1.29 is 17.9 Å². The van der Waals surface area contributed by atoms with E-state index in [9.17, 15) is 13.2 Å². The van der Waals surface area contributed by atoms with Crippen LogP contribution in [0.25, 0.3) is 11.1 Å². The fourth-order valence-electron chi connectivity index (χ4n) is 1.78. The number of benzene rings is 1. The number of pyridine rings is 1. The van der Waals surface area contributed by atoms with Crippen LogP contribution in [0.1, 0.15) is 11.1 Å². The summed E-state index contributed by atoms with van der Waals surface area (Å²) in [4.78, 5) is 3.84. The molecule has 0 amide bonds. The number of hydrogen-bond acceptors (Lipinski definition) is 3. The molecule has 0 saturated heterocycles. The largest absolute Gasteiger partial charge is 0.495 e. The molecule has 0 N–H and O–H groups in total. The molecule has 1 aromatic carbocycles. The van der Waals surface area contributed by atoms with Gasteiger partial charge in [-0.2, -0.15) is 18.4 Å². The highest BCUT2D eigenvalue weighted by molar-refractivity contribution is 5.70. The van der Waals surface area contributed by atoms with Crippen molar-refractivity contribution in [2.24, 2.45) is 0 Å². The van der Waals surface area contributed by atoms with Crippen LogP contribution in [0.2, 0.25) is 0 Å². The predicted molar refractivity (Wildman–Crippen MR) is 65.9 cm³/mol. The molecule has 102 valence electrons. The van der Waals surface area contributed by atoms with Crippen molar-refractivity contribution in [3.63, 3.8) is 0 Å². The van der Waals surface area contributed by atoms with Gasteiger partial charge in [-0.05, 0) is 29.8 Å². The quantitative estimate of drug-likeness (QED) is 0.842. The summed E-state index contributed by atoms with van der Waals surface area (Å²) in [6, 6.07) is 6.50. The van der Waals surface area contributed by atoms with Crippen LogP contribution >= 0.6 is 0 Å². The van der Waals surface area contributed by atoms with Gasteiger partial charge in [0.1, 0.15) is 5.75 Å². The molecule has 0 aliphatic carbocycles. The van der Waals surface area contributed by atoms with E-state index in [0.29, 0.717) is 5.75 Å². The number of aromatic nitrogens is 1. The molecule has 0 fully saturated rings. The summed E-state index contributed by atoms with van der Waals surface area (Å²) >= 11 is 0. The first kappa shape index (κ1) is 13.9.